The van der Waals surface area contributed by atoms with E-state index >= 15 is 0 Å². The number of hydrogen-bond acceptors (Lipinski definition) is 3. The second-order valence-corrected chi connectivity index (χ2v) is 5.70. The zero-order valence-electron chi connectivity index (χ0n) is 14.1. The van der Waals surface area contributed by atoms with Gasteiger partial charge in [0.05, 0.1) is 23.6 Å². The van der Waals surface area contributed by atoms with Gasteiger partial charge in [-0.1, -0.05) is 18.2 Å². The summed E-state index contributed by atoms with van der Waals surface area (Å²) in [5, 5.41) is 4.46. The molecule has 0 saturated heterocycles. The highest BCUT2D eigenvalue weighted by molar-refractivity contribution is 5.91. The molecular weight excluding hydrogens is 300 g/mol. The van der Waals surface area contributed by atoms with Crippen LogP contribution >= 0.6 is 0 Å². The van der Waals surface area contributed by atoms with E-state index in [1.165, 1.54) is 0 Å². The molecule has 0 N–H and O–H groups in total. The van der Waals surface area contributed by atoms with Crippen molar-refractivity contribution >= 4 is 5.97 Å². The van der Waals surface area contributed by atoms with Crippen molar-refractivity contribution in [1.29, 1.82) is 0 Å². The predicted molar refractivity (Wildman–Crippen MR) is 94.4 cm³/mol. The molecule has 0 aliphatic heterocycles. The van der Waals surface area contributed by atoms with Crippen molar-refractivity contribution in [2.45, 2.75) is 20.8 Å². The largest absolute Gasteiger partial charge is 0.462 e. The number of aromatic nitrogens is 2. The highest BCUT2D eigenvalue weighted by Gasteiger charge is 2.09. The van der Waals surface area contributed by atoms with Gasteiger partial charge in [-0.2, -0.15) is 5.10 Å². The van der Waals surface area contributed by atoms with Gasteiger partial charge < -0.3 is 4.74 Å². The first-order chi connectivity index (χ1) is 11.6. The second kappa shape index (κ2) is 6.71. The number of esters is 1. The number of carbonyl (C=O) groups is 1. The van der Waals surface area contributed by atoms with E-state index in [1.807, 2.05) is 54.2 Å². The van der Waals surface area contributed by atoms with Crippen molar-refractivity contribution in [2.75, 3.05) is 6.61 Å². The molecule has 3 rings (SSSR count). The van der Waals surface area contributed by atoms with Gasteiger partial charge in [0.25, 0.3) is 0 Å². The van der Waals surface area contributed by atoms with Gasteiger partial charge in [-0.25, -0.2) is 9.48 Å². The lowest BCUT2D eigenvalue weighted by Gasteiger charge is -2.10. The van der Waals surface area contributed by atoms with Crippen LogP contribution in [0, 0.1) is 13.8 Å². The van der Waals surface area contributed by atoms with E-state index in [0.29, 0.717) is 12.2 Å². The number of benzene rings is 2. The maximum Gasteiger partial charge on any atom is 0.338 e. The van der Waals surface area contributed by atoms with E-state index in [4.69, 9.17) is 4.74 Å². The zero-order valence-corrected chi connectivity index (χ0v) is 14.1. The Labute approximate surface area is 141 Å². The topological polar surface area (TPSA) is 44.1 Å². The Hall–Kier alpha value is -2.88. The Kier molecular flexibility index (Phi) is 4.47. The molecule has 3 aromatic rings. The fraction of sp³-hybridized carbons (Fsp3) is 0.200. The van der Waals surface area contributed by atoms with Crippen LogP contribution in [0.25, 0.3) is 16.8 Å². The maximum atomic E-state index is 11.9. The Morgan fingerprint density at radius 2 is 1.88 bits per heavy atom. The SMILES string of the molecule is CCOC(=O)c1cccc(-c2ccc(-n3ccc(C)n3)c(C)c2)c1. The minimum atomic E-state index is -0.292. The summed E-state index contributed by atoms with van der Waals surface area (Å²) in [6.45, 7) is 6.22. The third-order valence-electron chi connectivity index (χ3n) is 3.87. The summed E-state index contributed by atoms with van der Waals surface area (Å²) in [6.07, 6.45) is 1.96. The summed E-state index contributed by atoms with van der Waals surface area (Å²) in [6, 6.07) is 15.7. The Balaban J connectivity index is 1.95. The molecule has 0 spiro atoms. The summed E-state index contributed by atoms with van der Waals surface area (Å²) in [5.74, 6) is -0.292. The fourth-order valence-electron chi connectivity index (χ4n) is 2.68. The highest BCUT2D eigenvalue weighted by atomic mass is 16.5. The third kappa shape index (κ3) is 3.23. The van der Waals surface area contributed by atoms with Crippen molar-refractivity contribution in [3.8, 4) is 16.8 Å². The lowest BCUT2D eigenvalue weighted by molar-refractivity contribution is 0.0526. The normalized spacial score (nSPS) is 10.6. The molecule has 0 saturated carbocycles. The molecule has 24 heavy (non-hydrogen) atoms. The van der Waals surface area contributed by atoms with Gasteiger partial charge in [-0.3, -0.25) is 0 Å². The van der Waals surface area contributed by atoms with E-state index in [2.05, 4.69) is 18.1 Å². The van der Waals surface area contributed by atoms with Gasteiger partial charge in [-0.15, -0.1) is 0 Å². The molecule has 0 amide bonds. The van der Waals surface area contributed by atoms with Crippen molar-refractivity contribution in [3.63, 3.8) is 0 Å². The van der Waals surface area contributed by atoms with Crippen LogP contribution < -0.4 is 0 Å². The molecule has 0 aliphatic carbocycles. The smallest absolute Gasteiger partial charge is 0.338 e. The fourth-order valence-corrected chi connectivity index (χ4v) is 2.68. The van der Waals surface area contributed by atoms with Gasteiger partial charge in [0, 0.05) is 6.20 Å². The average molecular weight is 320 g/mol. The lowest BCUT2D eigenvalue weighted by atomic mass is 10.0. The molecule has 0 aliphatic rings. The Morgan fingerprint density at radius 3 is 2.54 bits per heavy atom. The van der Waals surface area contributed by atoms with Gasteiger partial charge in [0.15, 0.2) is 0 Å². The second-order valence-electron chi connectivity index (χ2n) is 5.70. The molecule has 0 unspecified atom stereocenters. The first-order valence-corrected chi connectivity index (χ1v) is 7.99. The minimum Gasteiger partial charge on any atom is -0.462 e. The van der Waals surface area contributed by atoms with E-state index in [1.54, 1.807) is 13.0 Å². The molecule has 4 nitrogen and oxygen atoms in total. The molecule has 0 radical (unpaired) electrons. The number of ether oxygens (including phenoxy) is 1. The van der Waals surface area contributed by atoms with Gasteiger partial charge in [-0.05, 0) is 67.8 Å². The van der Waals surface area contributed by atoms with Crippen LogP contribution in [0.5, 0.6) is 0 Å². The van der Waals surface area contributed by atoms with Crippen LogP contribution in [0.15, 0.2) is 54.7 Å². The van der Waals surface area contributed by atoms with Crippen molar-refractivity contribution < 1.29 is 9.53 Å². The first-order valence-electron chi connectivity index (χ1n) is 7.99. The molecule has 4 heteroatoms. The van der Waals surface area contributed by atoms with Crippen LogP contribution in [0.3, 0.4) is 0 Å². The molecule has 0 fully saturated rings. The number of rotatable bonds is 4. The quantitative estimate of drug-likeness (QED) is 0.672. The first kappa shape index (κ1) is 16.0. The van der Waals surface area contributed by atoms with Crippen LogP contribution in [-0.2, 0) is 4.74 Å². The molecule has 1 aromatic heterocycles. The number of hydrogen-bond donors (Lipinski definition) is 0. The molecule has 0 atom stereocenters. The summed E-state index contributed by atoms with van der Waals surface area (Å²) in [5.41, 5.74) is 5.78. The predicted octanol–water partition coefficient (Wildman–Crippen LogP) is 4.33. The minimum absolute atomic E-state index is 0.292. The van der Waals surface area contributed by atoms with Gasteiger partial charge in [0.1, 0.15) is 0 Å². The number of aryl methyl sites for hydroxylation is 2. The Morgan fingerprint density at radius 1 is 1.08 bits per heavy atom. The van der Waals surface area contributed by atoms with Crippen molar-refractivity contribution in [3.05, 3.63) is 71.5 Å². The summed E-state index contributed by atoms with van der Waals surface area (Å²) >= 11 is 0. The third-order valence-corrected chi connectivity index (χ3v) is 3.87. The lowest BCUT2D eigenvalue weighted by Crippen LogP contribution is -2.04. The number of carbonyl (C=O) groups excluding carboxylic acids is 1. The summed E-state index contributed by atoms with van der Waals surface area (Å²) in [4.78, 5) is 11.9. The van der Waals surface area contributed by atoms with Crippen LogP contribution in [-0.4, -0.2) is 22.4 Å². The van der Waals surface area contributed by atoms with E-state index in [9.17, 15) is 4.79 Å². The van der Waals surface area contributed by atoms with E-state index in [0.717, 1.165) is 28.1 Å². The van der Waals surface area contributed by atoms with Crippen LogP contribution in [0.2, 0.25) is 0 Å². The van der Waals surface area contributed by atoms with Gasteiger partial charge in [0.2, 0.25) is 0 Å². The summed E-state index contributed by atoms with van der Waals surface area (Å²) < 4.78 is 6.95. The van der Waals surface area contributed by atoms with Crippen molar-refractivity contribution in [2.24, 2.45) is 0 Å². The monoisotopic (exact) mass is 320 g/mol. The number of nitrogens with zero attached hydrogens (tertiary/aromatic N) is 2. The highest BCUT2D eigenvalue weighted by Crippen LogP contribution is 2.25. The molecule has 2 aromatic carbocycles. The van der Waals surface area contributed by atoms with E-state index in [-0.39, 0.29) is 5.97 Å². The van der Waals surface area contributed by atoms with Crippen molar-refractivity contribution in [1.82, 2.24) is 9.78 Å². The molecule has 122 valence electrons. The maximum absolute atomic E-state index is 11.9. The average Bonchev–Trinajstić information content (AvgIpc) is 3.01. The van der Waals surface area contributed by atoms with E-state index < -0.39 is 0 Å². The Bertz CT molecular complexity index is 881. The standard InChI is InChI=1S/C20H20N2O2/c1-4-24-20(23)18-7-5-6-16(13-18)17-8-9-19(14(2)12-17)22-11-10-15(3)21-22/h5-13H,4H2,1-3H3. The molecule has 0 bridgehead atoms. The summed E-state index contributed by atoms with van der Waals surface area (Å²) in [7, 11) is 0. The zero-order chi connectivity index (χ0) is 17.1. The molecular formula is C20H20N2O2. The van der Waals surface area contributed by atoms with Crippen LogP contribution in [0.4, 0.5) is 0 Å². The molecule has 1 heterocycles. The van der Waals surface area contributed by atoms with Crippen LogP contribution in [0.1, 0.15) is 28.5 Å². The van der Waals surface area contributed by atoms with Gasteiger partial charge >= 0.3 is 5.97 Å².